The third kappa shape index (κ3) is 4.06. The molecule has 0 aliphatic rings. The first-order valence-corrected chi connectivity index (χ1v) is 7.67. The van der Waals surface area contributed by atoms with Crippen molar-refractivity contribution in [2.24, 2.45) is 0 Å². The molecular weight excluding hydrogens is 284 g/mol. The molecule has 0 aliphatic heterocycles. The fourth-order valence-electron chi connectivity index (χ4n) is 2.11. The Kier molecular flexibility index (Phi) is 5.36. The molecule has 1 aromatic heterocycles. The minimum atomic E-state index is -0.0309. The van der Waals surface area contributed by atoms with E-state index in [0.29, 0.717) is 12.1 Å². The van der Waals surface area contributed by atoms with E-state index in [4.69, 9.17) is 4.74 Å². The molecule has 0 spiro atoms. The Labute approximate surface area is 129 Å². The maximum Gasteiger partial charge on any atom is 0.252 e. The van der Waals surface area contributed by atoms with Crippen molar-refractivity contribution in [1.29, 1.82) is 0 Å². The van der Waals surface area contributed by atoms with E-state index < -0.39 is 0 Å². The number of ether oxygens (including phenoxy) is 1. The molecule has 5 heteroatoms. The van der Waals surface area contributed by atoms with E-state index in [1.54, 1.807) is 7.11 Å². The van der Waals surface area contributed by atoms with Gasteiger partial charge in [0, 0.05) is 17.5 Å². The van der Waals surface area contributed by atoms with Crippen LogP contribution < -0.4 is 10.1 Å². The van der Waals surface area contributed by atoms with Crippen LogP contribution >= 0.6 is 11.3 Å². The highest BCUT2D eigenvalue weighted by Gasteiger charge is 2.16. The summed E-state index contributed by atoms with van der Waals surface area (Å²) in [6.07, 6.45) is 0. The highest BCUT2D eigenvalue weighted by atomic mass is 32.1. The number of amides is 1. The number of carbonyl (C=O) groups is 1. The monoisotopic (exact) mass is 304 g/mol. The van der Waals surface area contributed by atoms with E-state index in [1.165, 1.54) is 11.3 Å². The highest BCUT2D eigenvalue weighted by molar-refractivity contribution is 7.08. The van der Waals surface area contributed by atoms with Crippen molar-refractivity contribution in [2.45, 2.75) is 6.04 Å². The number of benzene rings is 1. The van der Waals surface area contributed by atoms with Gasteiger partial charge in [0.05, 0.1) is 13.2 Å². The summed E-state index contributed by atoms with van der Waals surface area (Å²) in [4.78, 5) is 14.1. The SMILES string of the molecule is COc1ccc(C(CNC(=O)c2ccsc2)N(C)C)cc1. The van der Waals surface area contributed by atoms with Crippen molar-refractivity contribution in [3.63, 3.8) is 0 Å². The average molecular weight is 304 g/mol. The molecule has 112 valence electrons. The second-order valence-corrected chi connectivity index (χ2v) is 5.75. The third-order valence-electron chi connectivity index (χ3n) is 3.36. The first-order valence-electron chi connectivity index (χ1n) is 6.72. The van der Waals surface area contributed by atoms with Crippen LogP contribution in [0.25, 0.3) is 0 Å². The van der Waals surface area contributed by atoms with Crippen LogP contribution in [0.1, 0.15) is 22.0 Å². The smallest absolute Gasteiger partial charge is 0.252 e. The number of nitrogens with one attached hydrogen (secondary N) is 1. The van der Waals surface area contributed by atoms with Crippen molar-refractivity contribution in [3.05, 3.63) is 52.2 Å². The van der Waals surface area contributed by atoms with Crippen LogP contribution in [0, 0.1) is 0 Å². The molecule has 4 nitrogen and oxygen atoms in total. The molecule has 1 atom stereocenters. The minimum absolute atomic E-state index is 0.0309. The lowest BCUT2D eigenvalue weighted by atomic mass is 10.1. The number of likely N-dealkylation sites (N-methyl/N-ethyl adjacent to an activating group) is 1. The second kappa shape index (κ2) is 7.24. The molecule has 0 saturated carbocycles. The number of carbonyl (C=O) groups excluding carboxylic acids is 1. The summed E-state index contributed by atoms with van der Waals surface area (Å²) in [7, 11) is 5.66. The Morgan fingerprint density at radius 3 is 2.52 bits per heavy atom. The lowest BCUT2D eigenvalue weighted by Crippen LogP contribution is -2.34. The molecule has 0 fully saturated rings. The molecule has 0 saturated heterocycles. The van der Waals surface area contributed by atoms with Crippen LogP contribution in [-0.4, -0.2) is 38.6 Å². The summed E-state index contributed by atoms with van der Waals surface area (Å²) >= 11 is 1.52. The zero-order chi connectivity index (χ0) is 15.2. The van der Waals surface area contributed by atoms with Crippen LogP contribution in [-0.2, 0) is 0 Å². The van der Waals surface area contributed by atoms with Gasteiger partial charge in [-0.2, -0.15) is 11.3 Å². The van der Waals surface area contributed by atoms with Crippen molar-refractivity contribution in [1.82, 2.24) is 10.2 Å². The van der Waals surface area contributed by atoms with Gasteiger partial charge in [0.1, 0.15) is 5.75 Å². The topological polar surface area (TPSA) is 41.6 Å². The number of hydrogen-bond donors (Lipinski definition) is 1. The molecule has 1 amide bonds. The van der Waals surface area contributed by atoms with E-state index in [0.717, 1.165) is 11.3 Å². The lowest BCUT2D eigenvalue weighted by molar-refractivity contribution is 0.0942. The molecule has 21 heavy (non-hydrogen) atoms. The minimum Gasteiger partial charge on any atom is -0.497 e. The number of hydrogen-bond acceptors (Lipinski definition) is 4. The lowest BCUT2D eigenvalue weighted by Gasteiger charge is -2.25. The standard InChI is InChI=1S/C16H20N2O2S/c1-18(2)15(12-4-6-14(20-3)7-5-12)10-17-16(19)13-8-9-21-11-13/h4-9,11,15H,10H2,1-3H3,(H,17,19). The predicted octanol–water partition coefficient (Wildman–Crippen LogP) is 2.79. The normalized spacial score (nSPS) is 12.2. The maximum atomic E-state index is 12.0. The molecule has 0 aliphatic carbocycles. The van der Waals surface area contributed by atoms with Crippen LogP contribution in [0.2, 0.25) is 0 Å². The molecule has 0 bridgehead atoms. The van der Waals surface area contributed by atoms with Crippen LogP contribution in [0.15, 0.2) is 41.1 Å². The average Bonchev–Trinajstić information content (AvgIpc) is 3.02. The van der Waals surface area contributed by atoms with E-state index in [1.807, 2.05) is 55.2 Å². The fraction of sp³-hybridized carbons (Fsp3) is 0.312. The summed E-state index contributed by atoms with van der Waals surface area (Å²) in [6, 6.07) is 9.89. The van der Waals surface area contributed by atoms with E-state index in [9.17, 15) is 4.79 Å². The Bertz CT molecular complexity index is 564. The van der Waals surface area contributed by atoms with Gasteiger partial charge in [-0.05, 0) is 43.2 Å². The van der Waals surface area contributed by atoms with Gasteiger partial charge in [0.15, 0.2) is 0 Å². The third-order valence-corrected chi connectivity index (χ3v) is 4.05. The van der Waals surface area contributed by atoms with Gasteiger partial charge in [-0.1, -0.05) is 12.1 Å². The van der Waals surface area contributed by atoms with Gasteiger partial charge < -0.3 is 15.0 Å². The van der Waals surface area contributed by atoms with Crippen LogP contribution in [0.5, 0.6) is 5.75 Å². The number of nitrogens with zero attached hydrogens (tertiary/aromatic N) is 1. The van der Waals surface area contributed by atoms with Crippen molar-refractivity contribution in [2.75, 3.05) is 27.7 Å². The van der Waals surface area contributed by atoms with E-state index in [-0.39, 0.29) is 11.9 Å². The summed E-state index contributed by atoms with van der Waals surface area (Å²) < 4.78 is 5.17. The summed E-state index contributed by atoms with van der Waals surface area (Å²) in [5.41, 5.74) is 1.86. The van der Waals surface area contributed by atoms with Crippen LogP contribution in [0.4, 0.5) is 0 Å². The number of methoxy groups -OCH3 is 1. The van der Waals surface area contributed by atoms with Gasteiger partial charge >= 0.3 is 0 Å². The summed E-state index contributed by atoms with van der Waals surface area (Å²) in [5.74, 6) is 0.801. The summed E-state index contributed by atoms with van der Waals surface area (Å²) in [6.45, 7) is 0.564. The molecule has 1 aromatic carbocycles. The first-order chi connectivity index (χ1) is 10.1. The van der Waals surface area contributed by atoms with Gasteiger partial charge in [-0.25, -0.2) is 0 Å². The van der Waals surface area contributed by atoms with E-state index >= 15 is 0 Å². The maximum absolute atomic E-state index is 12.0. The van der Waals surface area contributed by atoms with Crippen molar-refractivity contribution < 1.29 is 9.53 Å². The van der Waals surface area contributed by atoms with Crippen molar-refractivity contribution in [3.8, 4) is 5.75 Å². The molecule has 1 heterocycles. The molecular formula is C16H20N2O2S. The second-order valence-electron chi connectivity index (χ2n) is 4.97. The molecule has 1 unspecified atom stereocenters. The summed E-state index contributed by atoms with van der Waals surface area (Å²) in [5, 5.41) is 6.75. The first kappa shape index (κ1) is 15.5. The van der Waals surface area contributed by atoms with E-state index in [2.05, 4.69) is 10.2 Å². The molecule has 0 radical (unpaired) electrons. The number of rotatable bonds is 6. The fourth-order valence-corrected chi connectivity index (χ4v) is 2.75. The van der Waals surface area contributed by atoms with Crippen LogP contribution in [0.3, 0.4) is 0 Å². The number of thiophene rings is 1. The zero-order valence-corrected chi connectivity index (χ0v) is 13.3. The Morgan fingerprint density at radius 1 is 1.29 bits per heavy atom. The van der Waals surface area contributed by atoms with Gasteiger partial charge in [0.2, 0.25) is 0 Å². The Morgan fingerprint density at radius 2 is 2.00 bits per heavy atom. The Hall–Kier alpha value is -1.85. The molecule has 2 rings (SSSR count). The molecule has 1 N–H and O–H groups in total. The zero-order valence-electron chi connectivity index (χ0n) is 12.5. The quantitative estimate of drug-likeness (QED) is 0.892. The van der Waals surface area contributed by atoms with Gasteiger partial charge in [0.25, 0.3) is 5.91 Å². The largest absolute Gasteiger partial charge is 0.497 e. The molecule has 2 aromatic rings. The Balaban J connectivity index is 2.03. The predicted molar refractivity (Wildman–Crippen MR) is 86.1 cm³/mol. The van der Waals surface area contributed by atoms with Gasteiger partial charge in [-0.3, -0.25) is 4.79 Å². The highest BCUT2D eigenvalue weighted by Crippen LogP contribution is 2.20. The van der Waals surface area contributed by atoms with Gasteiger partial charge in [-0.15, -0.1) is 0 Å². The van der Waals surface area contributed by atoms with Crippen molar-refractivity contribution >= 4 is 17.2 Å².